The predicted molar refractivity (Wildman–Crippen MR) is 73.4 cm³/mol. The zero-order chi connectivity index (χ0) is 15.0. The molecule has 6 nitrogen and oxygen atoms in total. The largest absolute Gasteiger partial charge is 0.507 e. The van der Waals surface area contributed by atoms with Gasteiger partial charge >= 0.3 is 5.97 Å². The Morgan fingerprint density at radius 1 is 1.50 bits per heavy atom. The summed E-state index contributed by atoms with van der Waals surface area (Å²) in [6.45, 7) is -0.380. The van der Waals surface area contributed by atoms with Crippen molar-refractivity contribution in [2.45, 2.75) is 0 Å². The first-order chi connectivity index (χ1) is 9.38. The van der Waals surface area contributed by atoms with E-state index in [0.717, 1.165) is 0 Å². The minimum absolute atomic E-state index is 0.116. The summed E-state index contributed by atoms with van der Waals surface area (Å²) in [5, 5.41) is 18.8. The molecule has 106 valence electrons. The van der Waals surface area contributed by atoms with Crippen LogP contribution in [0.4, 0.5) is 0 Å². The maximum Gasteiger partial charge on any atom is 0.377 e. The first kappa shape index (κ1) is 14.7. The molecule has 0 amide bonds. The SMILES string of the molecule is COc1c(Br)cc2c(c1Cl)OCC(C(=O)C(=O)O)=C2O. The Kier molecular flexibility index (Phi) is 3.92. The lowest BCUT2D eigenvalue weighted by Crippen LogP contribution is -2.24. The molecule has 1 heterocycles. The monoisotopic (exact) mass is 362 g/mol. The van der Waals surface area contributed by atoms with Crippen molar-refractivity contribution in [3.63, 3.8) is 0 Å². The van der Waals surface area contributed by atoms with Crippen LogP contribution in [-0.2, 0) is 9.59 Å². The molecule has 2 rings (SSSR count). The highest BCUT2D eigenvalue weighted by atomic mass is 79.9. The molecule has 0 saturated carbocycles. The van der Waals surface area contributed by atoms with Crippen LogP contribution in [0.5, 0.6) is 11.5 Å². The van der Waals surface area contributed by atoms with Gasteiger partial charge in [0.2, 0.25) is 0 Å². The second-order valence-corrected chi connectivity index (χ2v) is 5.06. The van der Waals surface area contributed by atoms with Crippen LogP contribution in [0.2, 0.25) is 5.02 Å². The standard InChI is InChI=1S/C12H8BrClO6/c1-19-11-6(13)2-4-8(15)5(9(16)12(17)18)3-20-10(4)7(11)14/h2,15H,3H2,1H3,(H,17,18). The summed E-state index contributed by atoms with van der Waals surface area (Å²) >= 11 is 9.27. The molecule has 0 radical (unpaired) electrons. The van der Waals surface area contributed by atoms with Crippen molar-refractivity contribution in [3.8, 4) is 11.5 Å². The lowest BCUT2D eigenvalue weighted by molar-refractivity contribution is -0.147. The average Bonchev–Trinajstić information content (AvgIpc) is 2.39. The van der Waals surface area contributed by atoms with Crippen molar-refractivity contribution >= 4 is 45.0 Å². The van der Waals surface area contributed by atoms with Crippen LogP contribution in [0.15, 0.2) is 16.1 Å². The zero-order valence-electron chi connectivity index (χ0n) is 10.1. The number of hydrogen-bond acceptors (Lipinski definition) is 5. The number of carbonyl (C=O) groups excluding carboxylic acids is 1. The van der Waals surface area contributed by atoms with Crippen LogP contribution in [0, 0.1) is 0 Å². The molecule has 0 saturated heterocycles. The molecule has 20 heavy (non-hydrogen) atoms. The fourth-order valence-corrected chi connectivity index (χ4v) is 2.80. The number of benzene rings is 1. The van der Waals surface area contributed by atoms with Crippen LogP contribution in [0.1, 0.15) is 5.56 Å². The molecule has 0 aliphatic carbocycles. The van der Waals surface area contributed by atoms with Crippen LogP contribution in [-0.4, -0.2) is 35.7 Å². The highest BCUT2D eigenvalue weighted by Gasteiger charge is 2.31. The van der Waals surface area contributed by atoms with Gasteiger partial charge in [0.25, 0.3) is 5.78 Å². The van der Waals surface area contributed by atoms with Gasteiger partial charge in [-0.25, -0.2) is 4.79 Å². The van der Waals surface area contributed by atoms with Gasteiger partial charge in [0.1, 0.15) is 17.4 Å². The molecule has 0 fully saturated rings. The van der Waals surface area contributed by atoms with Crippen molar-refractivity contribution in [1.29, 1.82) is 0 Å². The highest BCUT2D eigenvalue weighted by molar-refractivity contribution is 9.10. The Morgan fingerprint density at radius 2 is 2.15 bits per heavy atom. The fraction of sp³-hybridized carbons (Fsp3) is 0.167. The molecule has 2 N–H and O–H groups in total. The van der Waals surface area contributed by atoms with E-state index >= 15 is 0 Å². The van der Waals surface area contributed by atoms with E-state index in [0.29, 0.717) is 10.2 Å². The first-order valence-electron chi connectivity index (χ1n) is 5.27. The van der Waals surface area contributed by atoms with E-state index in [4.69, 9.17) is 26.2 Å². The third kappa shape index (κ3) is 2.23. The van der Waals surface area contributed by atoms with Crippen molar-refractivity contribution in [2.75, 3.05) is 13.7 Å². The highest BCUT2D eigenvalue weighted by Crippen LogP contribution is 2.46. The first-order valence-corrected chi connectivity index (χ1v) is 6.44. The van der Waals surface area contributed by atoms with Gasteiger partial charge in [-0.3, -0.25) is 4.79 Å². The number of aliphatic hydroxyl groups excluding tert-OH is 1. The Morgan fingerprint density at radius 3 is 2.70 bits per heavy atom. The summed E-state index contributed by atoms with van der Waals surface area (Å²) in [6, 6.07) is 1.43. The molecule has 0 bridgehead atoms. The predicted octanol–water partition coefficient (Wildman–Crippen LogP) is 2.43. The number of methoxy groups -OCH3 is 1. The number of ketones is 1. The molecule has 1 aromatic carbocycles. The van der Waals surface area contributed by atoms with Gasteiger partial charge in [0.15, 0.2) is 11.5 Å². The van der Waals surface area contributed by atoms with Crippen molar-refractivity contribution in [1.82, 2.24) is 0 Å². The number of fused-ring (bicyclic) bond motifs is 1. The number of aliphatic carboxylic acids is 1. The van der Waals surface area contributed by atoms with Crippen molar-refractivity contribution in [3.05, 3.63) is 26.7 Å². The number of halogens is 2. The quantitative estimate of drug-likeness (QED) is 0.801. The number of carboxylic acid groups (broad SMARTS) is 1. The van der Waals surface area contributed by atoms with E-state index in [2.05, 4.69) is 15.9 Å². The Bertz CT molecular complexity index is 652. The number of rotatable bonds is 3. The number of carbonyl (C=O) groups is 2. The summed E-state index contributed by atoms with van der Waals surface area (Å²) in [4.78, 5) is 22.1. The van der Waals surface area contributed by atoms with Crippen LogP contribution in [0.25, 0.3) is 5.76 Å². The van der Waals surface area contributed by atoms with Gasteiger partial charge in [-0.05, 0) is 22.0 Å². The molecule has 1 aliphatic rings. The smallest absolute Gasteiger partial charge is 0.377 e. The summed E-state index contributed by atoms with van der Waals surface area (Å²) in [7, 11) is 1.41. The second-order valence-electron chi connectivity index (χ2n) is 3.83. The average molecular weight is 364 g/mol. The topological polar surface area (TPSA) is 93.1 Å². The molecule has 1 aliphatic heterocycles. The van der Waals surface area contributed by atoms with Crippen molar-refractivity contribution in [2.24, 2.45) is 0 Å². The molecular formula is C12H8BrClO6. The molecule has 0 aromatic heterocycles. The van der Waals surface area contributed by atoms with E-state index in [1.807, 2.05) is 0 Å². The lowest BCUT2D eigenvalue weighted by atomic mass is 10.0. The second kappa shape index (κ2) is 5.34. The van der Waals surface area contributed by atoms with Crippen LogP contribution in [0.3, 0.4) is 0 Å². The van der Waals surface area contributed by atoms with Crippen LogP contribution >= 0.6 is 27.5 Å². The van der Waals surface area contributed by atoms with Crippen molar-refractivity contribution < 1.29 is 29.3 Å². The Labute approximate surface area is 126 Å². The minimum atomic E-state index is -1.67. The van der Waals surface area contributed by atoms with Gasteiger partial charge in [-0.15, -0.1) is 0 Å². The zero-order valence-corrected chi connectivity index (χ0v) is 12.4. The van der Waals surface area contributed by atoms with E-state index < -0.39 is 17.5 Å². The maximum atomic E-state index is 11.4. The fourth-order valence-electron chi connectivity index (χ4n) is 1.77. The van der Waals surface area contributed by atoms with E-state index in [1.165, 1.54) is 13.2 Å². The summed E-state index contributed by atoms with van der Waals surface area (Å²) in [5.41, 5.74) is -0.211. The Balaban J connectivity index is 2.64. The third-order valence-electron chi connectivity index (χ3n) is 2.71. The molecule has 8 heteroatoms. The molecule has 0 atom stereocenters. The van der Waals surface area contributed by atoms with Gasteiger partial charge < -0.3 is 19.7 Å². The van der Waals surface area contributed by atoms with Gasteiger partial charge in [0, 0.05) is 0 Å². The third-order valence-corrected chi connectivity index (χ3v) is 3.64. The van der Waals surface area contributed by atoms with E-state index in [9.17, 15) is 14.7 Å². The molecule has 0 spiro atoms. The number of carboxylic acids is 1. The minimum Gasteiger partial charge on any atom is -0.507 e. The number of hydrogen-bond donors (Lipinski definition) is 2. The molecule has 1 aromatic rings. The Hall–Kier alpha value is -1.73. The summed E-state index contributed by atoms with van der Waals surface area (Å²) < 4.78 is 10.8. The normalized spacial score (nSPS) is 13.6. The van der Waals surface area contributed by atoms with E-state index in [1.54, 1.807) is 0 Å². The molecular weight excluding hydrogens is 355 g/mol. The maximum absolute atomic E-state index is 11.4. The van der Waals surface area contributed by atoms with Gasteiger partial charge in [-0.2, -0.15) is 0 Å². The number of ether oxygens (including phenoxy) is 2. The van der Waals surface area contributed by atoms with Gasteiger partial charge in [-0.1, -0.05) is 11.6 Å². The van der Waals surface area contributed by atoms with Crippen LogP contribution < -0.4 is 9.47 Å². The summed E-state index contributed by atoms with van der Waals surface area (Å²) in [5.74, 6) is -2.92. The van der Waals surface area contributed by atoms with E-state index in [-0.39, 0.29) is 28.5 Å². The number of Topliss-reactive ketones (excluding diaryl/α,β-unsaturated/α-hetero) is 1. The lowest BCUT2D eigenvalue weighted by Gasteiger charge is -2.22. The summed E-state index contributed by atoms with van der Waals surface area (Å²) in [6.07, 6.45) is 0. The van der Waals surface area contributed by atoms with Gasteiger partial charge in [0.05, 0.1) is 22.7 Å². The molecule has 0 unspecified atom stereocenters. The number of aliphatic hydroxyl groups is 1.